The minimum absolute atomic E-state index is 0.707. The van der Waals surface area contributed by atoms with E-state index in [1.54, 1.807) is 0 Å². The van der Waals surface area contributed by atoms with Crippen LogP contribution in [0, 0.1) is 5.92 Å². The topological polar surface area (TPSA) is 0 Å². The van der Waals surface area contributed by atoms with E-state index >= 15 is 0 Å². The molecule has 0 radical (unpaired) electrons. The van der Waals surface area contributed by atoms with Gasteiger partial charge in [-0.1, -0.05) is 55.8 Å². The fourth-order valence-corrected chi connectivity index (χ4v) is 1.28. The maximum absolute atomic E-state index is 5.99. The van der Waals surface area contributed by atoms with Gasteiger partial charge in [0.25, 0.3) is 0 Å². The molecule has 0 nitrogen and oxygen atoms in total. The fourth-order valence-electron chi connectivity index (χ4n) is 1.08. The smallest absolute Gasteiger partial charge is 0.0478 e. The van der Waals surface area contributed by atoms with Crippen molar-refractivity contribution in [1.82, 2.24) is 0 Å². The lowest BCUT2D eigenvalue weighted by molar-refractivity contribution is 0.665. The third-order valence-electron chi connectivity index (χ3n) is 1.81. The number of halogens is 1. The zero-order chi connectivity index (χ0) is 9.68. The van der Waals surface area contributed by atoms with E-state index in [1.807, 2.05) is 24.3 Å². The lowest BCUT2D eigenvalue weighted by Crippen LogP contribution is -1.81. The molecule has 0 saturated heterocycles. The molecular weight excluding hydrogens is 180 g/mol. The number of allylic oxidation sites excluding steroid dienone is 1. The Labute approximate surface area is 85.2 Å². The maximum atomic E-state index is 5.99. The van der Waals surface area contributed by atoms with E-state index in [2.05, 4.69) is 26.0 Å². The molecule has 0 aliphatic carbocycles. The van der Waals surface area contributed by atoms with Crippen molar-refractivity contribution in [2.24, 2.45) is 5.92 Å². The van der Waals surface area contributed by atoms with Crippen molar-refractivity contribution in [2.45, 2.75) is 20.3 Å². The van der Waals surface area contributed by atoms with Crippen molar-refractivity contribution in [3.8, 4) is 0 Å². The highest BCUT2D eigenvalue weighted by molar-refractivity contribution is 6.32. The van der Waals surface area contributed by atoms with E-state index in [0.29, 0.717) is 5.92 Å². The first-order chi connectivity index (χ1) is 6.20. The molecule has 0 bridgehead atoms. The molecule has 0 amide bonds. The Morgan fingerprint density at radius 2 is 2.00 bits per heavy atom. The van der Waals surface area contributed by atoms with E-state index in [0.717, 1.165) is 17.0 Å². The molecule has 1 rings (SSSR count). The van der Waals surface area contributed by atoms with Crippen LogP contribution in [0.2, 0.25) is 5.02 Å². The Morgan fingerprint density at radius 3 is 2.62 bits per heavy atom. The maximum Gasteiger partial charge on any atom is 0.0478 e. The van der Waals surface area contributed by atoms with Gasteiger partial charge in [0.05, 0.1) is 0 Å². The Morgan fingerprint density at radius 1 is 1.31 bits per heavy atom. The lowest BCUT2D eigenvalue weighted by Gasteiger charge is -1.98. The van der Waals surface area contributed by atoms with E-state index in [9.17, 15) is 0 Å². The fraction of sp³-hybridized carbons (Fsp3) is 0.333. The zero-order valence-corrected chi connectivity index (χ0v) is 8.88. The standard InChI is InChI=1S/C12H15Cl/c1-10(2)6-5-8-11-7-3-4-9-12(11)13/h3-5,7-10H,6H2,1-2H3. The van der Waals surface area contributed by atoms with Crippen LogP contribution in [0.1, 0.15) is 25.8 Å². The molecule has 0 unspecified atom stereocenters. The first-order valence-electron chi connectivity index (χ1n) is 4.61. The highest BCUT2D eigenvalue weighted by Gasteiger charge is 1.93. The molecule has 0 spiro atoms. The van der Waals surface area contributed by atoms with Gasteiger partial charge in [-0.3, -0.25) is 0 Å². The summed E-state index contributed by atoms with van der Waals surface area (Å²) in [4.78, 5) is 0. The Bertz CT molecular complexity index is 287. The summed E-state index contributed by atoms with van der Waals surface area (Å²) < 4.78 is 0. The van der Waals surface area contributed by atoms with Crippen LogP contribution in [0.5, 0.6) is 0 Å². The monoisotopic (exact) mass is 194 g/mol. The number of hydrogen-bond acceptors (Lipinski definition) is 0. The van der Waals surface area contributed by atoms with Crippen molar-refractivity contribution in [2.75, 3.05) is 0 Å². The SMILES string of the molecule is CC(C)CC=Cc1ccccc1Cl. The lowest BCUT2D eigenvalue weighted by atomic mass is 10.1. The predicted molar refractivity (Wildman–Crippen MR) is 59.9 cm³/mol. The summed E-state index contributed by atoms with van der Waals surface area (Å²) in [6, 6.07) is 7.89. The van der Waals surface area contributed by atoms with Crippen molar-refractivity contribution in [3.63, 3.8) is 0 Å². The van der Waals surface area contributed by atoms with Crippen molar-refractivity contribution in [3.05, 3.63) is 40.9 Å². The Balaban J connectivity index is 2.63. The van der Waals surface area contributed by atoms with Gasteiger partial charge in [-0.25, -0.2) is 0 Å². The molecule has 13 heavy (non-hydrogen) atoms. The van der Waals surface area contributed by atoms with E-state index < -0.39 is 0 Å². The second-order valence-corrected chi connectivity index (χ2v) is 3.96. The van der Waals surface area contributed by atoms with E-state index in [4.69, 9.17) is 11.6 Å². The van der Waals surface area contributed by atoms with Crippen LogP contribution in [0.4, 0.5) is 0 Å². The molecule has 70 valence electrons. The molecule has 1 aromatic carbocycles. The number of hydrogen-bond donors (Lipinski definition) is 0. The molecular formula is C12H15Cl. The van der Waals surface area contributed by atoms with Crippen LogP contribution in [0.25, 0.3) is 6.08 Å². The van der Waals surface area contributed by atoms with Crippen molar-refractivity contribution < 1.29 is 0 Å². The Hall–Kier alpha value is -0.750. The second-order valence-electron chi connectivity index (χ2n) is 3.55. The van der Waals surface area contributed by atoms with Crippen LogP contribution in [0.3, 0.4) is 0 Å². The van der Waals surface area contributed by atoms with Crippen LogP contribution in [-0.2, 0) is 0 Å². The highest BCUT2D eigenvalue weighted by atomic mass is 35.5. The second kappa shape index (κ2) is 5.08. The van der Waals surface area contributed by atoms with Gasteiger partial charge in [0, 0.05) is 5.02 Å². The highest BCUT2D eigenvalue weighted by Crippen LogP contribution is 2.16. The minimum atomic E-state index is 0.707. The van der Waals surface area contributed by atoms with Crippen LogP contribution >= 0.6 is 11.6 Å². The molecule has 0 aromatic heterocycles. The van der Waals surface area contributed by atoms with E-state index in [1.165, 1.54) is 0 Å². The van der Waals surface area contributed by atoms with Crippen LogP contribution < -0.4 is 0 Å². The third-order valence-corrected chi connectivity index (χ3v) is 2.15. The summed E-state index contributed by atoms with van der Waals surface area (Å²) in [6.07, 6.45) is 5.36. The Kier molecular flexibility index (Phi) is 4.04. The minimum Gasteiger partial charge on any atom is -0.0837 e. The first kappa shape index (κ1) is 10.3. The molecule has 0 aliphatic heterocycles. The molecule has 0 atom stereocenters. The average Bonchev–Trinajstić information content (AvgIpc) is 2.08. The molecule has 0 saturated carbocycles. The summed E-state index contributed by atoms with van der Waals surface area (Å²) >= 11 is 5.99. The average molecular weight is 195 g/mol. The largest absolute Gasteiger partial charge is 0.0837 e. The van der Waals surface area contributed by atoms with Gasteiger partial charge in [-0.15, -0.1) is 0 Å². The molecule has 0 fully saturated rings. The number of benzene rings is 1. The molecule has 0 aliphatic rings. The zero-order valence-electron chi connectivity index (χ0n) is 8.13. The van der Waals surface area contributed by atoms with Gasteiger partial charge in [-0.2, -0.15) is 0 Å². The van der Waals surface area contributed by atoms with Crippen LogP contribution in [-0.4, -0.2) is 0 Å². The van der Waals surface area contributed by atoms with Crippen molar-refractivity contribution in [1.29, 1.82) is 0 Å². The normalized spacial score (nSPS) is 11.4. The summed E-state index contributed by atoms with van der Waals surface area (Å²) in [7, 11) is 0. The summed E-state index contributed by atoms with van der Waals surface area (Å²) in [5.74, 6) is 0.707. The van der Waals surface area contributed by atoms with Crippen molar-refractivity contribution >= 4 is 17.7 Å². The third kappa shape index (κ3) is 3.65. The summed E-state index contributed by atoms with van der Waals surface area (Å²) in [5.41, 5.74) is 1.10. The first-order valence-corrected chi connectivity index (χ1v) is 4.99. The van der Waals surface area contributed by atoms with Crippen LogP contribution in [0.15, 0.2) is 30.3 Å². The van der Waals surface area contributed by atoms with Gasteiger partial charge < -0.3 is 0 Å². The molecule has 1 aromatic rings. The van der Waals surface area contributed by atoms with Gasteiger partial charge in [0.2, 0.25) is 0 Å². The quantitative estimate of drug-likeness (QED) is 0.669. The molecule has 0 N–H and O–H groups in total. The van der Waals surface area contributed by atoms with Gasteiger partial charge in [0.15, 0.2) is 0 Å². The molecule has 1 heteroatoms. The summed E-state index contributed by atoms with van der Waals surface area (Å²) in [5, 5.41) is 0.822. The van der Waals surface area contributed by atoms with E-state index in [-0.39, 0.29) is 0 Å². The summed E-state index contributed by atoms with van der Waals surface area (Å²) in [6.45, 7) is 4.41. The van der Waals surface area contributed by atoms with Gasteiger partial charge in [-0.05, 0) is 24.0 Å². The van der Waals surface area contributed by atoms with Gasteiger partial charge in [0.1, 0.15) is 0 Å². The number of rotatable bonds is 3. The molecule has 0 heterocycles. The predicted octanol–water partition coefficient (Wildman–Crippen LogP) is 4.40. The van der Waals surface area contributed by atoms with Gasteiger partial charge >= 0.3 is 0 Å².